The standard InChI is InChI=1S/C14H21NOS/c1-2-8-16-13(4-1)10-15(12-6-7-12)11-14-5-3-9-17-14/h3,5,9,12-13H,1-2,4,6-8,10-11H2. The largest absolute Gasteiger partial charge is 0.377 e. The van der Waals surface area contributed by atoms with Crippen LogP contribution < -0.4 is 0 Å². The molecule has 17 heavy (non-hydrogen) atoms. The van der Waals surface area contributed by atoms with Gasteiger partial charge in [-0.1, -0.05) is 6.07 Å². The number of nitrogens with zero attached hydrogens (tertiary/aromatic N) is 1. The molecule has 1 unspecified atom stereocenters. The smallest absolute Gasteiger partial charge is 0.0702 e. The van der Waals surface area contributed by atoms with E-state index in [1.165, 1.54) is 37.0 Å². The van der Waals surface area contributed by atoms with Crippen LogP contribution in [0.4, 0.5) is 0 Å². The van der Waals surface area contributed by atoms with Gasteiger partial charge in [0.2, 0.25) is 0 Å². The highest BCUT2D eigenvalue weighted by molar-refractivity contribution is 7.09. The van der Waals surface area contributed by atoms with Crippen LogP contribution in [0.3, 0.4) is 0 Å². The second kappa shape index (κ2) is 5.51. The number of ether oxygens (including phenoxy) is 1. The lowest BCUT2D eigenvalue weighted by atomic mass is 10.1. The Hall–Kier alpha value is -0.380. The lowest BCUT2D eigenvalue weighted by Crippen LogP contribution is -2.36. The van der Waals surface area contributed by atoms with Crippen molar-refractivity contribution in [2.75, 3.05) is 13.2 Å². The van der Waals surface area contributed by atoms with Crippen LogP contribution in [0.2, 0.25) is 0 Å². The van der Waals surface area contributed by atoms with Gasteiger partial charge in [0.15, 0.2) is 0 Å². The average Bonchev–Trinajstić information content (AvgIpc) is 3.09. The predicted molar refractivity (Wildman–Crippen MR) is 71.3 cm³/mol. The van der Waals surface area contributed by atoms with Gasteiger partial charge in [-0.05, 0) is 43.6 Å². The van der Waals surface area contributed by atoms with Gasteiger partial charge in [0, 0.05) is 30.6 Å². The molecular formula is C14H21NOS. The van der Waals surface area contributed by atoms with Gasteiger partial charge < -0.3 is 4.74 Å². The normalized spacial score (nSPS) is 25.4. The maximum Gasteiger partial charge on any atom is 0.0702 e. The molecule has 2 heterocycles. The maximum absolute atomic E-state index is 5.87. The van der Waals surface area contributed by atoms with Crippen LogP contribution >= 0.6 is 11.3 Å². The van der Waals surface area contributed by atoms with Crippen LogP contribution in [0.25, 0.3) is 0 Å². The van der Waals surface area contributed by atoms with E-state index < -0.39 is 0 Å². The van der Waals surface area contributed by atoms with Gasteiger partial charge in [0.1, 0.15) is 0 Å². The van der Waals surface area contributed by atoms with E-state index in [0.29, 0.717) is 6.10 Å². The second-order valence-corrected chi connectivity index (χ2v) is 6.26. The molecule has 0 bridgehead atoms. The zero-order valence-electron chi connectivity index (χ0n) is 10.3. The lowest BCUT2D eigenvalue weighted by Gasteiger charge is -2.29. The number of thiophene rings is 1. The van der Waals surface area contributed by atoms with Crippen LogP contribution in [0.1, 0.15) is 37.0 Å². The SMILES string of the molecule is c1csc(CN(CC2CCCCO2)C2CC2)c1. The third-order valence-corrected chi connectivity index (χ3v) is 4.58. The summed E-state index contributed by atoms with van der Waals surface area (Å²) in [6, 6.07) is 5.24. The summed E-state index contributed by atoms with van der Waals surface area (Å²) in [6.45, 7) is 3.24. The molecule has 1 aromatic rings. The summed E-state index contributed by atoms with van der Waals surface area (Å²) in [6.07, 6.45) is 7.13. The van der Waals surface area contributed by atoms with E-state index in [2.05, 4.69) is 22.4 Å². The van der Waals surface area contributed by atoms with E-state index in [9.17, 15) is 0 Å². The molecule has 94 valence electrons. The van der Waals surface area contributed by atoms with Crippen LogP contribution in [0, 0.1) is 0 Å². The molecule has 1 saturated carbocycles. The minimum atomic E-state index is 0.490. The summed E-state index contributed by atoms with van der Waals surface area (Å²) in [5.74, 6) is 0. The second-order valence-electron chi connectivity index (χ2n) is 5.23. The Morgan fingerprint density at radius 2 is 2.24 bits per heavy atom. The van der Waals surface area contributed by atoms with Gasteiger partial charge in [-0.25, -0.2) is 0 Å². The maximum atomic E-state index is 5.87. The number of hydrogen-bond acceptors (Lipinski definition) is 3. The van der Waals surface area contributed by atoms with Gasteiger partial charge in [-0.3, -0.25) is 4.90 Å². The summed E-state index contributed by atoms with van der Waals surface area (Å²) in [7, 11) is 0. The van der Waals surface area contributed by atoms with Crippen molar-refractivity contribution in [2.45, 2.75) is 50.8 Å². The molecule has 2 aliphatic rings. The summed E-state index contributed by atoms with van der Waals surface area (Å²) in [5, 5.41) is 2.18. The molecule has 1 atom stereocenters. The molecule has 2 fully saturated rings. The average molecular weight is 251 g/mol. The molecule has 3 heteroatoms. The highest BCUT2D eigenvalue weighted by Gasteiger charge is 2.31. The minimum Gasteiger partial charge on any atom is -0.377 e. The van der Waals surface area contributed by atoms with Crippen LogP contribution in [-0.2, 0) is 11.3 Å². The van der Waals surface area contributed by atoms with E-state index in [4.69, 9.17) is 4.74 Å². The summed E-state index contributed by atoms with van der Waals surface area (Å²) in [5.41, 5.74) is 0. The van der Waals surface area contributed by atoms with E-state index in [1.807, 2.05) is 11.3 Å². The molecule has 0 N–H and O–H groups in total. The van der Waals surface area contributed by atoms with Crippen molar-refractivity contribution in [1.82, 2.24) is 4.90 Å². The zero-order valence-corrected chi connectivity index (χ0v) is 11.1. The van der Waals surface area contributed by atoms with E-state index >= 15 is 0 Å². The van der Waals surface area contributed by atoms with E-state index in [0.717, 1.165) is 25.7 Å². The first-order valence-electron chi connectivity index (χ1n) is 6.80. The van der Waals surface area contributed by atoms with Crippen molar-refractivity contribution < 1.29 is 4.74 Å². The number of rotatable bonds is 5. The van der Waals surface area contributed by atoms with Gasteiger partial charge in [0.05, 0.1) is 6.10 Å². The van der Waals surface area contributed by atoms with Gasteiger partial charge >= 0.3 is 0 Å². The zero-order chi connectivity index (χ0) is 11.5. The molecule has 0 aromatic carbocycles. The highest BCUT2D eigenvalue weighted by atomic mass is 32.1. The van der Waals surface area contributed by atoms with Crippen molar-refractivity contribution in [1.29, 1.82) is 0 Å². The van der Waals surface area contributed by atoms with Gasteiger partial charge in [-0.15, -0.1) is 11.3 Å². The molecule has 2 nitrogen and oxygen atoms in total. The monoisotopic (exact) mass is 251 g/mol. The van der Waals surface area contributed by atoms with Crippen molar-refractivity contribution in [2.24, 2.45) is 0 Å². The molecule has 3 rings (SSSR count). The molecule has 0 radical (unpaired) electrons. The van der Waals surface area contributed by atoms with Gasteiger partial charge in [0.25, 0.3) is 0 Å². The summed E-state index contributed by atoms with van der Waals surface area (Å²) >= 11 is 1.88. The van der Waals surface area contributed by atoms with Crippen molar-refractivity contribution in [3.63, 3.8) is 0 Å². The number of hydrogen-bond donors (Lipinski definition) is 0. The van der Waals surface area contributed by atoms with E-state index in [-0.39, 0.29) is 0 Å². The third-order valence-electron chi connectivity index (χ3n) is 3.71. The topological polar surface area (TPSA) is 12.5 Å². The molecule has 0 amide bonds. The Labute approximate surface area is 108 Å². The quantitative estimate of drug-likeness (QED) is 0.796. The Kier molecular flexibility index (Phi) is 3.79. The Bertz CT molecular complexity index is 328. The van der Waals surface area contributed by atoms with Crippen LogP contribution in [-0.4, -0.2) is 30.2 Å². The molecule has 1 aromatic heterocycles. The fourth-order valence-electron chi connectivity index (χ4n) is 2.60. The molecule has 1 aliphatic carbocycles. The predicted octanol–water partition coefficient (Wildman–Crippen LogP) is 3.28. The Morgan fingerprint density at radius 3 is 2.88 bits per heavy atom. The summed E-state index contributed by atoms with van der Waals surface area (Å²) < 4.78 is 5.87. The first-order chi connectivity index (χ1) is 8.42. The first kappa shape index (κ1) is 11.7. The van der Waals surface area contributed by atoms with Gasteiger partial charge in [-0.2, -0.15) is 0 Å². The Balaban J connectivity index is 1.56. The molecular weight excluding hydrogens is 230 g/mol. The highest BCUT2D eigenvalue weighted by Crippen LogP contribution is 2.30. The minimum absolute atomic E-state index is 0.490. The van der Waals surface area contributed by atoms with Crippen molar-refractivity contribution >= 4 is 11.3 Å². The van der Waals surface area contributed by atoms with Crippen molar-refractivity contribution in [3.8, 4) is 0 Å². The molecule has 1 aliphatic heterocycles. The third kappa shape index (κ3) is 3.30. The van der Waals surface area contributed by atoms with Crippen LogP contribution in [0.15, 0.2) is 17.5 Å². The lowest BCUT2D eigenvalue weighted by molar-refractivity contribution is -0.00862. The molecule has 1 saturated heterocycles. The fourth-order valence-corrected chi connectivity index (χ4v) is 3.33. The Morgan fingerprint density at radius 1 is 1.29 bits per heavy atom. The van der Waals surface area contributed by atoms with Crippen molar-refractivity contribution in [3.05, 3.63) is 22.4 Å². The van der Waals surface area contributed by atoms with Crippen LogP contribution in [0.5, 0.6) is 0 Å². The fraction of sp³-hybridized carbons (Fsp3) is 0.714. The van der Waals surface area contributed by atoms with E-state index in [1.54, 1.807) is 0 Å². The summed E-state index contributed by atoms with van der Waals surface area (Å²) in [4.78, 5) is 4.13. The first-order valence-corrected chi connectivity index (χ1v) is 7.68. The molecule has 0 spiro atoms.